The predicted octanol–water partition coefficient (Wildman–Crippen LogP) is 8.68. The van der Waals surface area contributed by atoms with Crippen LogP contribution in [0.2, 0.25) is 0 Å². The molecule has 2 aromatic rings. The fraction of sp³-hybridized carbons (Fsp3) is 0.697. The highest BCUT2D eigenvalue weighted by Crippen LogP contribution is 2.50. The molecule has 0 amide bonds. The monoisotopic (exact) mass is 523 g/mol. The van der Waals surface area contributed by atoms with Gasteiger partial charge < -0.3 is 14.0 Å². The molecule has 0 saturated heterocycles. The summed E-state index contributed by atoms with van der Waals surface area (Å²) >= 11 is 0. The van der Waals surface area contributed by atoms with E-state index >= 15 is 0 Å². The maximum atomic E-state index is 12.9. The van der Waals surface area contributed by atoms with Crippen molar-refractivity contribution in [3.05, 3.63) is 52.9 Å². The van der Waals surface area contributed by atoms with E-state index in [1.54, 1.807) is 0 Å². The molecule has 1 aromatic heterocycles. The van der Waals surface area contributed by atoms with Gasteiger partial charge in [0.1, 0.15) is 11.4 Å². The van der Waals surface area contributed by atoms with Crippen molar-refractivity contribution in [3.8, 4) is 0 Å². The molecule has 0 N–H and O–H groups in total. The van der Waals surface area contributed by atoms with Crippen LogP contribution in [-0.2, 0) is 20.9 Å². The summed E-state index contributed by atoms with van der Waals surface area (Å²) in [6.07, 6.45) is 10.7. The summed E-state index contributed by atoms with van der Waals surface area (Å²) in [5.41, 5.74) is 3.03. The summed E-state index contributed by atoms with van der Waals surface area (Å²) in [5, 5.41) is 4.69. The fourth-order valence-corrected chi connectivity index (χ4v) is 6.14. The van der Waals surface area contributed by atoms with Gasteiger partial charge >= 0.3 is 5.97 Å². The van der Waals surface area contributed by atoms with E-state index in [1.807, 2.05) is 39.0 Å². The first kappa shape index (κ1) is 28.9. The van der Waals surface area contributed by atoms with Gasteiger partial charge in [0.2, 0.25) is 0 Å². The van der Waals surface area contributed by atoms with E-state index in [9.17, 15) is 4.79 Å². The zero-order chi connectivity index (χ0) is 27.1. The lowest BCUT2D eigenvalue weighted by Crippen LogP contribution is -2.25. The molecule has 4 rings (SSSR count). The average molecular weight is 524 g/mol. The smallest absolute Gasteiger partial charge is 0.306 e. The number of hydrogen-bond donors (Lipinski definition) is 0. The minimum Gasteiger partial charge on any atom is -0.460 e. The third-order valence-electron chi connectivity index (χ3n) is 7.96. The van der Waals surface area contributed by atoms with Crippen molar-refractivity contribution in [1.29, 1.82) is 0 Å². The Labute approximate surface area is 230 Å². The van der Waals surface area contributed by atoms with E-state index in [0.717, 1.165) is 36.1 Å². The van der Waals surface area contributed by atoms with Crippen LogP contribution in [-0.4, -0.2) is 23.3 Å². The van der Waals surface area contributed by atoms with Gasteiger partial charge in [0.05, 0.1) is 18.7 Å². The highest BCUT2D eigenvalue weighted by molar-refractivity contribution is 5.71. The molecule has 5 nitrogen and oxygen atoms in total. The minimum absolute atomic E-state index is 0.00412. The molecule has 38 heavy (non-hydrogen) atoms. The van der Waals surface area contributed by atoms with E-state index in [2.05, 4.69) is 26.0 Å². The number of benzene rings is 1. The summed E-state index contributed by atoms with van der Waals surface area (Å²) in [4.78, 5) is 12.9. The number of aromatic nitrogens is 1. The fourth-order valence-electron chi connectivity index (χ4n) is 6.14. The molecule has 0 bridgehead atoms. The van der Waals surface area contributed by atoms with Crippen LogP contribution in [0.1, 0.15) is 139 Å². The number of nitrogens with zero attached hydrogens (tertiary/aromatic N) is 1. The number of carbonyl (C=O) groups excluding carboxylic acids is 1. The number of esters is 1. The molecule has 210 valence electrons. The largest absolute Gasteiger partial charge is 0.460 e. The van der Waals surface area contributed by atoms with Crippen molar-refractivity contribution in [1.82, 2.24) is 5.16 Å². The highest BCUT2D eigenvalue weighted by Gasteiger charge is 2.39. The molecule has 2 fully saturated rings. The molecule has 2 aliphatic carbocycles. The molecule has 5 heteroatoms. The van der Waals surface area contributed by atoms with Crippen LogP contribution in [0.4, 0.5) is 0 Å². The SMILES string of the molecule is CC(C)C[C@H]1CC[C@@H](c2onc(C(CCCOCc3ccccc3)CC(=O)OC(C)(C)C)c2C2CC2)CC1. The maximum Gasteiger partial charge on any atom is 0.306 e. The summed E-state index contributed by atoms with van der Waals surface area (Å²) < 4.78 is 17.9. The van der Waals surface area contributed by atoms with E-state index in [4.69, 9.17) is 19.2 Å². The predicted molar refractivity (Wildman–Crippen MR) is 151 cm³/mol. The molecular formula is C33H49NO4. The minimum atomic E-state index is -0.497. The van der Waals surface area contributed by atoms with Gasteiger partial charge in [-0.1, -0.05) is 49.3 Å². The van der Waals surface area contributed by atoms with Gasteiger partial charge in [0.15, 0.2) is 0 Å². The first-order valence-electron chi connectivity index (χ1n) is 15.0. The molecule has 0 radical (unpaired) electrons. The second-order valence-electron chi connectivity index (χ2n) is 13.1. The lowest BCUT2D eigenvalue weighted by atomic mass is 9.76. The van der Waals surface area contributed by atoms with E-state index in [-0.39, 0.29) is 11.9 Å². The molecule has 2 saturated carbocycles. The molecular weight excluding hydrogens is 474 g/mol. The lowest BCUT2D eigenvalue weighted by Gasteiger charge is -2.28. The van der Waals surface area contributed by atoms with Crippen LogP contribution in [0.25, 0.3) is 0 Å². The standard InChI is InChI=1S/C33H49NO4/c1-23(2)20-24-13-15-27(16-14-24)32-30(26-17-18-26)31(34-38-32)28(21-29(35)37-33(3,4)5)12-9-19-36-22-25-10-7-6-8-11-25/h6-8,10-11,23-24,26-28H,9,12-22H2,1-5H3/t24-,27+,28?. The van der Waals surface area contributed by atoms with Gasteiger partial charge in [-0.3, -0.25) is 4.79 Å². The number of hydrogen-bond acceptors (Lipinski definition) is 5. The Morgan fingerprint density at radius 1 is 1.03 bits per heavy atom. The van der Waals surface area contributed by atoms with Crippen molar-refractivity contribution in [3.63, 3.8) is 0 Å². The Balaban J connectivity index is 1.44. The Kier molecular flexibility index (Phi) is 10.1. The lowest BCUT2D eigenvalue weighted by molar-refractivity contribution is -0.155. The molecule has 1 heterocycles. The molecule has 1 aromatic carbocycles. The van der Waals surface area contributed by atoms with Gasteiger partial charge in [0.25, 0.3) is 0 Å². The third kappa shape index (κ3) is 8.69. The molecule has 0 spiro atoms. The topological polar surface area (TPSA) is 61.6 Å². The highest BCUT2D eigenvalue weighted by atomic mass is 16.6. The Hall–Kier alpha value is -2.14. The van der Waals surface area contributed by atoms with Crippen LogP contribution < -0.4 is 0 Å². The van der Waals surface area contributed by atoms with E-state index in [1.165, 1.54) is 56.1 Å². The second-order valence-corrected chi connectivity index (χ2v) is 13.1. The second kappa shape index (κ2) is 13.3. The van der Waals surface area contributed by atoms with Crippen LogP contribution in [0, 0.1) is 11.8 Å². The Morgan fingerprint density at radius 3 is 2.34 bits per heavy atom. The van der Waals surface area contributed by atoms with Crippen molar-refractivity contribution in [2.24, 2.45) is 11.8 Å². The molecule has 1 unspecified atom stereocenters. The zero-order valence-corrected chi connectivity index (χ0v) is 24.3. The summed E-state index contributed by atoms with van der Waals surface area (Å²) in [6, 6.07) is 10.3. The van der Waals surface area contributed by atoms with Crippen molar-refractivity contribution < 1.29 is 18.8 Å². The van der Waals surface area contributed by atoms with Gasteiger partial charge in [0, 0.05) is 24.0 Å². The van der Waals surface area contributed by atoms with Gasteiger partial charge in [-0.25, -0.2) is 0 Å². The molecule has 0 aliphatic heterocycles. The number of rotatable bonds is 13. The van der Waals surface area contributed by atoms with Gasteiger partial charge in [-0.05, 0) is 102 Å². The van der Waals surface area contributed by atoms with Crippen molar-refractivity contribution in [2.75, 3.05) is 6.61 Å². The third-order valence-corrected chi connectivity index (χ3v) is 7.96. The zero-order valence-electron chi connectivity index (χ0n) is 24.3. The number of ether oxygens (including phenoxy) is 2. The quantitative estimate of drug-likeness (QED) is 0.194. The molecule has 1 atom stereocenters. The van der Waals surface area contributed by atoms with E-state index in [0.29, 0.717) is 31.5 Å². The first-order chi connectivity index (χ1) is 18.2. The number of carbonyl (C=O) groups is 1. The Bertz CT molecular complexity index is 994. The van der Waals surface area contributed by atoms with Crippen LogP contribution in [0.5, 0.6) is 0 Å². The first-order valence-corrected chi connectivity index (χ1v) is 15.0. The van der Waals surface area contributed by atoms with Crippen LogP contribution in [0.3, 0.4) is 0 Å². The van der Waals surface area contributed by atoms with Gasteiger partial charge in [-0.2, -0.15) is 0 Å². The summed E-state index contributed by atoms with van der Waals surface area (Å²) in [6.45, 7) is 11.7. The van der Waals surface area contributed by atoms with Gasteiger partial charge in [-0.15, -0.1) is 0 Å². The summed E-state index contributed by atoms with van der Waals surface area (Å²) in [5.74, 6) is 3.57. The average Bonchev–Trinajstić information content (AvgIpc) is 3.60. The normalized spacial score (nSPS) is 21.0. The molecule has 2 aliphatic rings. The van der Waals surface area contributed by atoms with Crippen LogP contribution in [0.15, 0.2) is 34.9 Å². The van der Waals surface area contributed by atoms with Crippen LogP contribution >= 0.6 is 0 Å². The Morgan fingerprint density at radius 2 is 1.71 bits per heavy atom. The van der Waals surface area contributed by atoms with Crippen molar-refractivity contribution in [2.45, 2.75) is 129 Å². The van der Waals surface area contributed by atoms with E-state index < -0.39 is 5.60 Å². The van der Waals surface area contributed by atoms with Crippen molar-refractivity contribution >= 4 is 5.97 Å². The summed E-state index contributed by atoms with van der Waals surface area (Å²) in [7, 11) is 0. The maximum absolute atomic E-state index is 12.9.